The Morgan fingerprint density at radius 3 is 2.77 bits per heavy atom. The molecule has 1 atom stereocenters. The minimum atomic E-state index is -0.879. The van der Waals surface area contributed by atoms with Gasteiger partial charge in [0.05, 0.1) is 24.8 Å². The lowest BCUT2D eigenvalue weighted by Gasteiger charge is -2.34. The van der Waals surface area contributed by atoms with E-state index in [0.717, 1.165) is 0 Å². The number of carbonyl (C=O) groups excluding carboxylic acids is 1. The van der Waals surface area contributed by atoms with Crippen LogP contribution in [0.4, 0.5) is 0 Å². The average molecular weight is 310 g/mol. The van der Waals surface area contributed by atoms with Crippen LogP contribution in [0.25, 0.3) is 0 Å². The van der Waals surface area contributed by atoms with Crippen LogP contribution in [0.3, 0.4) is 0 Å². The molecule has 1 aliphatic rings. The molecule has 0 bridgehead atoms. The smallest absolute Gasteiger partial charge is 0.317 e. The third-order valence-electron chi connectivity index (χ3n) is 3.62. The van der Waals surface area contributed by atoms with Gasteiger partial charge in [0, 0.05) is 19.6 Å². The number of hydrogen-bond acceptors (Lipinski definition) is 5. The Hall–Kier alpha value is -1.86. The molecule has 0 aromatic carbocycles. The lowest BCUT2D eigenvalue weighted by Crippen LogP contribution is -2.49. The summed E-state index contributed by atoms with van der Waals surface area (Å²) in [6.07, 6.45) is -0.185. The molecule has 1 amide bonds. The van der Waals surface area contributed by atoms with Crippen molar-refractivity contribution in [3.05, 3.63) is 23.2 Å². The molecule has 1 N–H and O–H groups in total. The summed E-state index contributed by atoms with van der Waals surface area (Å²) in [7, 11) is 1.72. The first-order chi connectivity index (χ1) is 10.4. The molecule has 1 aromatic heterocycles. The van der Waals surface area contributed by atoms with E-state index in [1.807, 2.05) is 6.92 Å². The first kappa shape index (κ1) is 16.5. The van der Waals surface area contributed by atoms with Gasteiger partial charge in [0.2, 0.25) is 0 Å². The predicted molar refractivity (Wildman–Crippen MR) is 79.0 cm³/mol. The van der Waals surface area contributed by atoms with Crippen molar-refractivity contribution in [3.63, 3.8) is 0 Å². The fraction of sp³-hybridized carbons (Fsp3) is 0.600. The van der Waals surface area contributed by atoms with Gasteiger partial charge in [-0.15, -0.1) is 0 Å². The number of carboxylic acids is 1. The highest BCUT2D eigenvalue weighted by molar-refractivity contribution is 5.95. The van der Waals surface area contributed by atoms with E-state index in [2.05, 4.69) is 0 Å². The van der Waals surface area contributed by atoms with Gasteiger partial charge in [0.25, 0.3) is 5.91 Å². The zero-order chi connectivity index (χ0) is 16.3. The number of furan rings is 1. The number of ether oxygens (including phenoxy) is 1. The summed E-state index contributed by atoms with van der Waals surface area (Å²) in [5, 5.41) is 8.78. The lowest BCUT2D eigenvalue weighted by molar-refractivity contribution is -0.138. The largest absolute Gasteiger partial charge is 0.480 e. The number of nitrogens with zero attached hydrogens (tertiary/aromatic N) is 2. The van der Waals surface area contributed by atoms with Crippen LogP contribution in [-0.4, -0.2) is 72.7 Å². The van der Waals surface area contributed by atoms with Gasteiger partial charge in [0.15, 0.2) is 0 Å². The minimum Gasteiger partial charge on any atom is -0.480 e. The zero-order valence-electron chi connectivity index (χ0n) is 13.2. The Morgan fingerprint density at radius 1 is 1.45 bits per heavy atom. The molecule has 0 radical (unpaired) electrons. The molecule has 1 aliphatic heterocycles. The van der Waals surface area contributed by atoms with Crippen LogP contribution >= 0.6 is 0 Å². The fourth-order valence-electron chi connectivity index (χ4n) is 2.67. The summed E-state index contributed by atoms with van der Waals surface area (Å²) in [4.78, 5) is 26.6. The second kappa shape index (κ2) is 6.93. The SMILES string of the molecule is Cc1cc(C(=O)N2CCOC(CN(C)CC(=O)O)C2)c(C)o1. The standard InChI is InChI=1S/C15H22N2O5/c1-10-6-13(11(2)22-10)15(20)17-4-5-21-12(8-17)7-16(3)9-14(18)19/h6,12H,4-5,7-9H2,1-3H3,(H,18,19). The molecule has 0 saturated carbocycles. The highest BCUT2D eigenvalue weighted by Gasteiger charge is 2.28. The summed E-state index contributed by atoms with van der Waals surface area (Å²) >= 11 is 0. The van der Waals surface area contributed by atoms with Gasteiger partial charge in [-0.05, 0) is 27.0 Å². The molecule has 7 heteroatoms. The van der Waals surface area contributed by atoms with E-state index in [4.69, 9.17) is 14.3 Å². The van der Waals surface area contributed by atoms with Crippen molar-refractivity contribution in [2.75, 3.05) is 39.8 Å². The number of likely N-dealkylation sites (N-methyl/N-ethyl adjacent to an activating group) is 1. The van der Waals surface area contributed by atoms with Crippen LogP contribution < -0.4 is 0 Å². The molecule has 1 fully saturated rings. The lowest BCUT2D eigenvalue weighted by atomic mass is 10.2. The molecule has 0 spiro atoms. The highest BCUT2D eigenvalue weighted by Crippen LogP contribution is 2.18. The van der Waals surface area contributed by atoms with Crippen molar-refractivity contribution in [1.82, 2.24) is 9.80 Å². The first-order valence-electron chi connectivity index (χ1n) is 7.25. The van der Waals surface area contributed by atoms with Gasteiger partial charge in [-0.25, -0.2) is 0 Å². The Kier molecular flexibility index (Phi) is 5.20. The van der Waals surface area contributed by atoms with Crippen molar-refractivity contribution in [3.8, 4) is 0 Å². The third kappa shape index (κ3) is 4.08. The highest BCUT2D eigenvalue weighted by atomic mass is 16.5. The fourth-order valence-corrected chi connectivity index (χ4v) is 2.67. The van der Waals surface area contributed by atoms with Crippen molar-refractivity contribution in [1.29, 1.82) is 0 Å². The van der Waals surface area contributed by atoms with Crippen LogP contribution in [0.1, 0.15) is 21.9 Å². The molecular weight excluding hydrogens is 288 g/mol. The summed E-state index contributed by atoms with van der Waals surface area (Å²) in [6.45, 7) is 5.44. The third-order valence-corrected chi connectivity index (χ3v) is 3.62. The number of rotatable bonds is 5. The van der Waals surface area contributed by atoms with E-state index in [1.165, 1.54) is 0 Å². The van der Waals surface area contributed by atoms with Gasteiger partial charge in [0.1, 0.15) is 11.5 Å². The molecular formula is C15H22N2O5. The number of aliphatic carboxylic acids is 1. The van der Waals surface area contributed by atoms with E-state index in [1.54, 1.807) is 29.8 Å². The summed E-state index contributed by atoms with van der Waals surface area (Å²) in [5.41, 5.74) is 0.581. The number of carboxylic acid groups (broad SMARTS) is 1. The van der Waals surface area contributed by atoms with Crippen molar-refractivity contribution in [2.24, 2.45) is 0 Å². The Balaban J connectivity index is 1.96. The number of amides is 1. The van der Waals surface area contributed by atoms with Gasteiger partial charge in [-0.1, -0.05) is 0 Å². The van der Waals surface area contributed by atoms with Crippen LogP contribution in [0.2, 0.25) is 0 Å². The van der Waals surface area contributed by atoms with E-state index in [0.29, 0.717) is 43.3 Å². The molecule has 1 unspecified atom stereocenters. The van der Waals surface area contributed by atoms with Gasteiger partial charge in [-0.2, -0.15) is 0 Å². The summed E-state index contributed by atoms with van der Waals surface area (Å²) in [6, 6.07) is 1.75. The van der Waals surface area contributed by atoms with Crippen LogP contribution in [-0.2, 0) is 9.53 Å². The monoisotopic (exact) mass is 310 g/mol. The maximum atomic E-state index is 12.5. The van der Waals surface area contributed by atoms with Crippen LogP contribution in [0.15, 0.2) is 10.5 Å². The second-order valence-electron chi connectivity index (χ2n) is 5.66. The van der Waals surface area contributed by atoms with Gasteiger partial charge in [-0.3, -0.25) is 14.5 Å². The van der Waals surface area contributed by atoms with Crippen molar-refractivity contribution >= 4 is 11.9 Å². The average Bonchev–Trinajstić information content (AvgIpc) is 2.76. The molecule has 2 rings (SSSR count). The van der Waals surface area contributed by atoms with Crippen LogP contribution in [0.5, 0.6) is 0 Å². The van der Waals surface area contributed by atoms with Crippen LogP contribution in [0, 0.1) is 13.8 Å². The Labute approximate surface area is 129 Å². The Bertz CT molecular complexity index is 554. The normalized spacial score (nSPS) is 18.7. The second-order valence-corrected chi connectivity index (χ2v) is 5.66. The van der Waals surface area contributed by atoms with E-state index < -0.39 is 5.97 Å². The number of hydrogen-bond donors (Lipinski definition) is 1. The van der Waals surface area contributed by atoms with E-state index in [9.17, 15) is 9.59 Å². The number of morpholine rings is 1. The maximum Gasteiger partial charge on any atom is 0.317 e. The molecule has 7 nitrogen and oxygen atoms in total. The molecule has 1 saturated heterocycles. The summed E-state index contributed by atoms with van der Waals surface area (Å²) in [5.74, 6) is 0.389. The number of aryl methyl sites for hydroxylation is 2. The first-order valence-corrected chi connectivity index (χ1v) is 7.25. The Morgan fingerprint density at radius 2 is 2.18 bits per heavy atom. The van der Waals surface area contributed by atoms with Gasteiger partial charge < -0.3 is 19.2 Å². The molecule has 122 valence electrons. The number of carbonyl (C=O) groups is 2. The zero-order valence-corrected chi connectivity index (χ0v) is 13.2. The molecule has 2 heterocycles. The minimum absolute atomic E-state index is 0.0478. The van der Waals surface area contributed by atoms with E-state index >= 15 is 0 Å². The summed E-state index contributed by atoms with van der Waals surface area (Å²) < 4.78 is 11.0. The molecule has 1 aromatic rings. The topological polar surface area (TPSA) is 83.2 Å². The predicted octanol–water partition coefficient (Wildman–Crippen LogP) is 0.754. The quantitative estimate of drug-likeness (QED) is 0.864. The van der Waals surface area contributed by atoms with Crippen molar-refractivity contribution < 1.29 is 23.8 Å². The van der Waals surface area contributed by atoms with Gasteiger partial charge >= 0.3 is 5.97 Å². The van der Waals surface area contributed by atoms with Crippen molar-refractivity contribution in [2.45, 2.75) is 20.0 Å². The maximum absolute atomic E-state index is 12.5. The van der Waals surface area contributed by atoms with E-state index in [-0.39, 0.29) is 18.6 Å². The molecule has 22 heavy (non-hydrogen) atoms. The molecule has 0 aliphatic carbocycles.